The molecule has 10 heteroatoms. The lowest BCUT2D eigenvalue weighted by molar-refractivity contribution is -0.147. The maximum absolute atomic E-state index is 13.1. The number of allylic oxidation sites excluding steroid dienone is 2. The second-order valence-corrected chi connectivity index (χ2v) is 16.0. The highest BCUT2D eigenvalue weighted by Gasteiger charge is 2.40. The summed E-state index contributed by atoms with van der Waals surface area (Å²) in [5.74, 6) is 3.25. The molecule has 3 rings (SSSR count). The molecular formula is C47H63NO9. The molecule has 7 atom stereocenters. The molecule has 0 aliphatic heterocycles. The van der Waals surface area contributed by atoms with Gasteiger partial charge >= 0.3 is 17.9 Å². The Labute approximate surface area is 339 Å². The number of unbranched alkanes of at least 4 members (excludes halogenated alkanes) is 1. The summed E-state index contributed by atoms with van der Waals surface area (Å²) in [6, 6.07) is 10.0. The fourth-order valence-corrected chi connectivity index (χ4v) is 7.17. The molecule has 1 aliphatic carbocycles. The minimum absolute atomic E-state index is 0.0210. The first-order chi connectivity index (χ1) is 27.2. The number of nitrogens with zero attached hydrogens (tertiary/aromatic N) is 1. The molecule has 310 valence electrons. The fourth-order valence-electron chi connectivity index (χ4n) is 7.17. The number of aromatic nitrogens is 1. The van der Waals surface area contributed by atoms with Crippen molar-refractivity contribution < 1.29 is 43.9 Å². The van der Waals surface area contributed by atoms with Crippen LogP contribution in [0, 0.1) is 67.1 Å². The summed E-state index contributed by atoms with van der Waals surface area (Å²) in [5.41, 5.74) is 2.37. The Morgan fingerprint density at radius 3 is 2.11 bits per heavy atom. The van der Waals surface area contributed by atoms with E-state index in [2.05, 4.69) is 16.8 Å². The first-order valence-corrected chi connectivity index (χ1v) is 20.4. The van der Waals surface area contributed by atoms with Crippen LogP contribution in [-0.4, -0.2) is 56.5 Å². The molecular weight excluding hydrogens is 723 g/mol. The zero-order valence-electron chi connectivity index (χ0n) is 34.4. The number of ether oxygens (including phenoxy) is 3. The van der Waals surface area contributed by atoms with Gasteiger partial charge in [-0.3, -0.25) is 19.4 Å². The number of carbonyl (C=O) groups excluding carboxylic acids is 3. The van der Waals surface area contributed by atoms with Gasteiger partial charge in [-0.25, -0.2) is 0 Å². The first kappa shape index (κ1) is 46.9. The van der Waals surface area contributed by atoms with E-state index in [9.17, 15) is 29.7 Å². The van der Waals surface area contributed by atoms with Gasteiger partial charge in [0.15, 0.2) is 5.75 Å². The number of terminal acetylenes is 2. The number of hydrogen-bond acceptors (Lipinski definition) is 10. The molecule has 1 heterocycles. The third-order valence-corrected chi connectivity index (χ3v) is 11.0. The van der Waals surface area contributed by atoms with Crippen LogP contribution in [-0.2, 0) is 43.5 Å². The molecule has 1 fully saturated rings. The summed E-state index contributed by atoms with van der Waals surface area (Å²) < 4.78 is 17.0. The van der Waals surface area contributed by atoms with Crippen molar-refractivity contribution in [3.8, 4) is 30.4 Å². The number of carbonyl (C=O) groups is 3. The zero-order valence-corrected chi connectivity index (χ0v) is 34.4. The first-order valence-electron chi connectivity index (χ1n) is 20.4. The molecule has 0 amide bonds. The summed E-state index contributed by atoms with van der Waals surface area (Å²) in [4.78, 5) is 43.0. The molecule has 3 N–H and O–H groups in total. The van der Waals surface area contributed by atoms with E-state index >= 15 is 0 Å². The normalized spacial score (nSPS) is 19.5. The lowest BCUT2D eigenvalue weighted by Gasteiger charge is -2.23. The van der Waals surface area contributed by atoms with Gasteiger partial charge in [-0.15, -0.1) is 24.7 Å². The highest BCUT2D eigenvalue weighted by molar-refractivity contribution is 5.74. The lowest BCUT2D eigenvalue weighted by Crippen LogP contribution is -2.23. The molecule has 1 aliphatic rings. The molecule has 1 aromatic carbocycles. The smallest absolute Gasteiger partial charge is 0.311 e. The van der Waals surface area contributed by atoms with Gasteiger partial charge in [-0.2, -0.15) is 0 Å². The Bertz CT molecular complexity index is 1690. The van der Waals surface area contributed by atoms with E-state index in [4.69, 9.17) is 27.1 Å². The van der Waals surface area contributed by atoms with E-state index in [-0.39, 0.29) is 73.7 Å². The molecule has 0 spiro atoms. The van der Waals surface area contributed by atoms with Crippen LogP contribution in [0.1, 0.15) is 114 Å². The summed E-state index contributed by atoms with van der Waals surface area (Å²) in [6.45, 7) is 8.96. The Balaban J connectivity index is 1.58. The van der Waals surface area contributed by atoms with Crippen LogP contribution in [0.2, 0.25) is 0 Å². The second kappa shape index (κ2) is 24.3. The number of aryl methyl sites for hydroxylation is 2. The van der Waals surface area contributed by atoms with Crippen molar-refractivity contribution >= 4 is 17.9 Å². The van der Waals surface area contributed by atoms with Crippen LogP contribution in [0.25, 0.3) is 0 Å². The van der Waals surface area contributed by atoms with E-state index < -0.39 is 36.2 Å². The third kappa shape index (κ3) is 15.8. The Kier molecular flexibility index (Phi) is 20.0. The van der Waals surface area contributed by atoms with E-state index in [1.807, 2.05) is 70.2 Å². The van der Waals surface area contributed by atoms with E-state index in [0.717, 1.165) is 6.42 Å². The zero-order chi connectivity index (χ0) is 41.9. The van der Waals surface area contributed by atoms with Gasteiger partial charge in [0.1, 0.15) is 13.2 Å². The number of pyridine rings is 1. The number of benzene rings is 1. The van der Waals surface area contributed by atoms with Gasteiger partial charge in [0.25, 0.3) is 0 Å². The van der Waals surface area contributed by atoms with E-state index in [1.54, 1.807) is 6.92 Å². The van der Waals surface area contributed by atoms with E-state index in [0.29, 0.717) is 61.8 Å². The monoisotopic (exact) mass is 785 g/mol. The van der Waals surface area contributed by atoms with Crippen molar-refractivity contribution in [1.29, 1.82) is 0 Å². The molecule has 1 saturated carbocycles. The maximum atomic E-state index is 13.1. The summed E-state index contributed by atoms with van der Waals surface area (Å²) in [7, 11) is 0. The molecule has 3 unspecified atom stereocenters. The molecule has 57 heavy (non-hydrogen) atoms. The van der Waals surface area contributed by atoms with Gasteiger partial charge in [0, 0.05) is 35.6 Å². The minimum atomic E-state index is -0.621. The van der Waals surface area contributed by atoms with Crippen molar-refractivity contribution in [2.24, 2.45) is 35.5 Å². The minimum Gasteiger partial charge on any atom is -0.461 e. The largest absolute Gasteiger partial charge is 0.461 e. The molecule has 1 aromatic heterocycles. The number of aliphatic hydroxyl groups excluding tert-OH is 3. The number of esters is 3. The van der Waals surface area contributed by atoms with Crippen LogP contribution >= 0.6 is 0 Å². The van der Waals surface area contributed by atoms with Crippen molar-refractivity contribution in [2.45, 2.75) is 137 Å². The molecule has 10 nitrogen and oxygen atoms in total. The molecule has 0 radical (unpaired) electrons. The van der Waals surface area contributed by atoms with E-state index in [1.165, 1.54) is 11.8 Å². The van der Waals surface area contributed by atoms with Gasteiger partial charge < -0.3 is 29.5 Å². The van der Waals surface area contributed by atoms with Crippen molar-refractivity contribution in [3.63, 3.8) is 0 Å². The highest BCUT2D eigenvalue weighted by Crippen LogP contribution is 2.38. The maximum Gasteiger partial charge on any atom is 0.311 e. The van der Waals surface area contributed by atoms with Gasteiger partial charge in [-0.1, -0.05) is 70.2 Å². The van der Waals surface area contributed by atoms with Crippen molar-refractivity contribution in [1.82, 2.24) is 4.98 Å². The van der Waals surface area contributed by atoms with Crippen LogP contribution in [0.5, 0.6) is 5.75 Å². The topological polar surface area (TPSA) is 152 Å². The van der Waals surface area contributed by atoms with Gasteiger partial charge in [0.2, 0.25) is 0 Å². The number of hydrogen-bond donors (Lipinski definition) is 3. The highest BCUT2D eigenvalue weighted by atomic mass is 16.5. The molecule has 2 aromatic rings. The predicted molar refractivity (Wildman–Crippen MR) is 219 cm³/mol. The SMILES string of the molecule is C#CC(CC(=O)OCc1cnc(C)c(OC(=O)CCC/C=C\C[C@@H]2[C@@H](CCC(O)CCc3ccccc3)[C@H](O)C[C@@H]2O)c1COC(=O)CC(C#C)C(C)C)C(C)C. The van der Waals surface area contributed by atoms with Gasteiger partial charge in [-0.05, 0) is 87.5 Å². The quantitative estimate of drug-likeness (QED) is 0.0456. The summed E-state index contributed by atoms with van der Waals surface area (Å²) in [6.07, 6.45) is 19.7. The standard InChI is InChI=1S/C47H63NO9/c1-8-35(31(3)4)25-45(53)55-29-37-28-48-33(7)47(41(37)30-56-46(54)26-36(9-2)32(5)6)57-44(52)20-16-11-10-15-19-39-40(43(51)27-42(39)50)24-23-38(49)22-21-34-17-13-12-14-18-34/h1-2,10,12-15,17-18,28,31-32,35-36,38-40,42-43,49-51H,11,16,19-27,29-30H2,3-7H3/b15-10-/t35?,36?,38?,39-,40-,42+,43-/m1/s1. The Morgan fingerprint density at radius 1 is 0.877 bits per heavy atom. The molecule has 0 bridgehead atoms. The fraction of sp³-hybridized carbons (Fsp3) is 0.574. The summed E-state index contributed by atoms with van der Waals surface area (Å²) >= 11 is 0. The molecule has 0 saturated heterocycles. The van der Waals surface area contributed by atoms with Crippen LogP contribution in [0.4, 0.5) is 0 Å². The Morgan fingerprint density at radius 2 is 1.49 bits per heavy atom. The number of rotatable bonds is 23. The van der Waals surface area contributed by atoms with Crippen LogP contribution < -0.4 is 4.74 Å². The van der Waals surface area contributed by atoms with Gasteiger partial charge in [0.05, 0.1) is 36.8 Å². The van der Waals surface area contributed by atoms with Crippen LogP contribution in [0.3, 0.4) is 0 Å². The van der Waals surface area contributed by atoms with Crippen molar-refractivity contribution in [3.05, 3.63) is 71.1 Å². The van der Waals surface area contributed by atoms with Crippen molar-refractivity contribution in [2.75, 3.05) is 0 Å². The predicted octanol–water partition coefficient (Wildman–Crippen LogP) is 7.22. The average molecular weight is 786 g/mol. The summed E-state index contributed by atoms with van der Waals surface area (Å²) in [5, 5.41) is 32.0. The Hall–Kier alpha value is -4.48. The second-order valence-electron chi connectivity index (χ2n) is 16.0. The third-order valence-electron chi connectivity index (χ3n) is 11.0. The van der Waals surface area contributed by atoms with Crippen LogP contribution in [0.15, 0.2) is 48.7 Å². The lowest BCUT2D eigenvalue weighted by atomic mass is 9.85. The number of aliphatic hydroxyl groups is 3. The average Bonchev–Trinajstić information content (AvgIpc) is 3.45.